The Labute approximate surface area is 122 Å². The Morgan fingerprint density at radius 3 is 3.10 bits per heavy atom. The standard InChI is InChI=1S/C15H18N4O2/c1-16-9-10-5-4-8-19(10)15(21)13-14(20)11-6-2-3-7-12(11)17-18-13/h2-3,6-7,10,16H,4-5,8-9H2,1H3,(H,17,20)/t10-/m1/s1. The lowest BCUT2D eigenvalue weighted by Crippen LogP contribution is -2.43. The Balaban J connectivity index is 1.98. The monoisotopic (exact) mass is 286 g/mol. The minimum atomic E-state index is -0.301. The molecule has 2 heterocycles. The van der Waals surface area contributed by atoms with Crippen molar-refractivity contribution in [1.29, 1.82) is 0 Å². The van der Waals surface area contributed by atoms with Gasteiger partial charge in [-0.3, -0.25) is 14.7 Å². The molecule has 3 rings (SSSR count). The Morgan fingerprint density at radius 1 is 1.48 bits per heavy atom. The molecule has 110 valence electrons. The van der Waals surface area contributed by atoms with Crippen LogP contribution in [0.5, 0.6) is 0 Å². The highest BCUT2D eigenvalue weighted by Crippen LogP contribution is 2.18. The van der Waals surface area contributed by atoms with Gasteiger partial charge in [-0.1, -0.05) is 12.1 Å². The van der Waals surface area contributed by atoms with Crippen LogP contribution < -0.4 is 10.7 Å². The van der Waals surface area contributed by atoms with Crippen LogP contribution in [0.1, 0.15) is 23.3 Å². The summed E-state index contributed by atoms with van der Waals surface area (Å²) in [5.74, 6) is -0.278. The molecule has 1 fully saturated rings. The number of benzene rings is 1. The van der Waals surface area contributed by atoms with Gasteiger partial charge in [-0.25, -0.2) is 0 Å². The first-order chi connectivity index (χ1) is 10.2. The van der Waals surface area contributed by atoms with Gasteiger partial charge in [0.15, 0.2) is 5.69 Å². The zero-order chi connectivity index (χ0) is 14.8. The molecule has 2 N–H and O–H groups in total. The van der Waals surface area contributed by atoms with Gasteiger partial charge in [0.2, 0.25) is 5.43 Å². The average molecular weight is 286 g/mol. The molecule has 1 aromatic carbocycles. The molecule has 1 amide bonds. The van der Waals surface area contributed by atoms with E-state index < -0.39 is 0 Å². The molecule has 0 unspecified atom stereocenters. The second-order valence-electron chi connectivity index (χ2n) is 5.30. The quantitative estimate of drug-likeness (QED) is 0.872. The van der Waals surface area contributed by atoms with Crippen LogP contribution in [-0.4, -0.2) is 47.2 Å². The summed E-state index contributed by atoms with van der Waals surface area (Å²) in [7, 11) is 1.86. The molecule has 21 heavy (non-hydrogen) atoms. The van der Waals surface area contributed by atoms with E-state index in [1.807, 2.05) is 13.1 Å². The maximum absolute atomic E-state index is 12.6. The van der Waals surface area contributed by atoms with Crippen molar-refractivity contribution in [3.63, 3.8) is 0 Å². The van der Waals surface area contributed by atoms with E-state index in [0.717, 1.165) is 19.4 Å². The SMILES string of the molecule is CNC[C@H]1CCCN1C(=O)c1n[nH]c2ccccc2c1=O. The number of likely N-dealkylation sites (tertiary alicyclic amines) is 1. The molecule has 1 saturated heterocycles. The summed E-state index contributed by atoms with van der Waals surface area (Å²) in [5, 5.41) is 10.4. The zero-order valence-electron chi connectivity index (χ0n) is 11.9. The molecule has 0 radical (unpaired) electrons. The van der Waals surface area contributed by atoms with Crippen LogP contribution in [-0.2, 0) is 0 Å². The fourth-order valence-electron chi connectivity index (χ4n) is 2.90. The molecule has 6 heteroatoms. The van der Waals surface area contributed by atoms with Crippen molar-refractivity contribution < 1.29 is 4.79 Å². The summed E-state index contributed by atoms with van der Waals surface area (Å²) in [6.45, 7) is 1.41. The predicted molar refractivity (Wildman–Crippen MR) is 80.3 cm³/mol. The number of hydrogen-bond acceptors (Lipinski definition) is 4. The molecule has 0 bridgehead atoms. The summed E-state index contributed by atoms with van der Waals surface area (Å²) in [6, 6.07) is 7.23. The highest BCUT2D eigenvalue weighted by molar-refractivity contribution is 5.95. The second-order valence-corrected chi connectivity index (χ2v) is 5.30. The summed E-state index contributed by atoms with van der Waals surface area (Å²) in [6.07, 6.45) is 1.92. The molecule has 1 aromatic heterocycles. The van der Waals surface area contributed by atoms with Crippen molar-refractivity contribution in [2.45, 2.75) is 18.9 Å². The number of amides is 1. The van der Waals surface area contributed by atoms with E-state index in [1.165, 1.54) is 0 Å². The van der Waals surface area contributed by atoms with Gasteiger partial charge in [0, 0.05) is 24.5 Å². The first-order valence-corrected chi connectivity index (χ1v) is 7.15. The number of para-hydroxylation sites is 1. The Hall–Kier alpha value is -2.21. The molecular weight excluding hydrogens is 268 g/mol. The fourth-order valence-corrected chi connectivity index (χ4v) is 2.90. The highest BCUT2D eigenvalue weighted by atomic mass is 16.2. The summed E-state index contributed by atoms with van der Waals surface area (Å²) >= 11 is 0. The number of fused-ring (bicyclic) bond motifs is 1. The van der Waals surface area contributed by atoms with E-state index in [9.17, 15) is 9.59 Å². The number of likely N-dealkylation sites (N-methyl/N-ethyl adjacent to an activating group) is 1. The maximum Gasteiger partial charge on any atom is 0.278 e. The van der Waals surface area contributed by atoms with Gasteiger partial charge in [0.1, 0.15) is 0 Å². The minimum absolute atomic E-state index is 0.0169. The lowest BCUT2D eigenvalue weighted by Gasteiger charge is -2.23. The Kier molecular flexibility index (Phi) is 3.70. The lowest BCUT2D eigenvalue weighted by atomic mass is 10.2. The van der Waals surface area contributed by atoms with Gasteiger partial charge >= 0.3 is 0 Å². The number of carbonyl (C=O) groups is 1. The van der Waals surface area contributed by atoms with Gasteiger partial charge in [0.25, 0.3) is 5.91 Å². The molecule has 0 aliphatic carbocycles. The number of aromatic nitrogens is 2. The van der Waals surface area contributed by atoms with Crippen molar-refractivity contribution in [2.75, 3.05) is 20.1 Å². The van der Waals surface area contributed by atoms with Crippen LogP contribution >= 0.6 is 0 Å². The van der Waals surface area contributed by atoms with Crippen LogP contribution in [0.15, 0.2) is 29.1 Å². The van der Waals surface area contributed by atoms with Gasteiger partial charge < -0.3 is 10.2 Å². The molecular formula is C15H18N4O2. The van der Waals surface area contributed by atoms with E-state index in [0.29, 0.717) is 17.4 Å². The van der Waals surface area contributed by atoms with E-state index >= 15 is 0 Å². The van der Waals surface area contributed by atoms with Crippen molar-refractivity contribution in [1.82, 2.24) is 20.4 Å². The van der Waals surface area contributed by atoms with E-state index in [-0.39, 0.29) is 23.1 Å². The molecule has 6 nitrogen and oxygen atoms in total. The third-order valence-corrected chi connectivity index (χ3v) is 3.96. The zero-order valence-corrected chi connectivity index (χ0v) is 11.9. The smallest absolute Gasteiger partial charge is 0.278 e. The van der Waals surface area contributed by atoms with Gasteiger partial charge in [-0.2, -0.15) is 5.10 Å². The van der Waals surface area contributed by atoms with Crippen molar-refractivity contribution in [2.24, 2.45) is 0 Å². The number of H-pyrrole nitrogens is 1. The Morgan fingerprint density at radius 2 is 2.29 bits per heavy atom. The first kappa shape index (κ1) is 13.8. The first-order valence-electron chi connectivity index (χ1n) is 7.15. The lowest BCUT2D eigenvalue weighted by molar-refractivity contribution is 0.0729. The van der Waals surface area contributed by atoms with E-state index in [2.05, 4.69) is 15.5 Å². The molecule has 1 aliphatic heterocycles. The van der Waals surface area contributed by atoms with E-state index in [4.69, 9.17) is 0 Å². The highest BCUT2D eigenvalue weighted by Gasteiger charge is 2.31. The van der Waals surface area contributed by atoms with Crippen molar-refractivity contribution >= 4 is 16.8 Å². The summed E-state index contributed by atoms with van der Waals surface area (Å²) < 4.78 is 0. The van der Waals surface area contributed by atoms with Crippen molar-refractivity contribution in [3.8, 4) is 0 Å². The van der Waals surface area contributed by atoms with Crippen LogP contribution in [0.4, 0.5) is 0 Å². The van der Waals surface area contributed by atoms with Crippen molar-refractivity contribution in [3.05, 3.63) is 40.2 Å². The maximum atomic E-state index is 12.6. The topological polar surface area (TPSA) is 78.1 Å². The van der Waals surface area contributed by atoms with Crippen LogP contribution in [0.3, 0.4) is 0 Å². The molecule has 1 aliphatic rings. The minimum Gasteiger partial charge on any atom is -0.333 e. The molecule has 0 spiro atoms. The van der Waals surface area contributed by atoms with Gasteiger partial charge in [-0.15, -0.1) is 0 Å². The van der Waals surface area contributed by atoms with Crippen LogP contribution in [0, 0.1) is 0 Å². The normalized spacial score (nSPS) is 18.3. The number of carbonyl (C=O) groups excluding carboxylic acids is 1. The van der Waals surface area contributed by atoms with Gasteiger partial charge in [-0.05, 0) is 32.0 Å². The largest absolute Gasteiger partial charge is 0.333 e. The predicted octanol–water partition coefficient (Wildman–Crippen LogP) is 0.747. The number of nitrogens with one attached hydrogen (secondary N) is 2. The summed E-state index contributed by atoms with van der Waals surface area (Å²) in [4.78, 5) is 26.8. The number of rotatable bonds is 3. The van der Waals surface area contributed by atoms with Crippen LogP contribution in [0.25, 0.3) is 10.9 Å². The van der Waals surface area contributed by atoms with Gasteiger partial charge in [0.05, 0.1) is 5.52 Å². The fraction of sp³-hybridized carbons (Fsp3) is 0.400. The second kappa shape index (κ2) is 5.65. The molecule has 2 aromatic rings. The molecule has 1 atom stereocenters. The third-order valence-electron chi connectivity index (χ3n) is 3.96. The molecule has 0 saturated carbocycles. The third kappa shape index (κ3) is 2.42. The summed E-state index contributed by atoms with van der Waals surface area (Å²) in [5.41, 5.74) is 0.327. The van der Waals surface area contributed by atoms with Crippen LogP contribution in [0.2, 0.25) is 0 Å². The van der Waals surface area contributed by atoms with E-state index in [1.54, 1.807) is 23.1 Å². The number of hydrogen-bond donors (Lipinski definition) is 2. The average Bonchev–Trinajstić information content (AvgIpc) is 2.96. The number of nitrogens with zero attached hydrogens (tertiary/aromatic N) is 2. The Bertz CT molecular complexity index is 725. The number of aromatic amines is 1.